The normalized spacial score (nSPS) is 10.7. The Morgan fingerprint density at radius 3 is 2.73 bits per heavy atom. The smallest absolute Gasteiger partial charge is 0.291 e. The van der Waals surface area contributed by atoms with Crippen molar-refractivity contribution in [2.75, 3.05) is 5.32 Å². The van der Waals surface area contributed by atoms with E-state index in [1.54, 1.807) is 24.5 Å². The van der Waals surface area contributed by atoms with Crippen LogP contribution in [-0.4, -0.2) is 10.9 Å². The van der Waals surface area contributed by atoms with Crippen LogP contribution in [0, 0.1) is 6.92 Å². The number of aromatic nitrogens is 1. The Morgan fingerprint density at radius 1 is 1.08 bits per heavy atom. The number of para-hydroxylation sites is 2. The van der Waals surface area contributed by atoms with E-state index in [4.69, 9.17) is 9.15 Å². The Kier molecular flexibility index (Phi) is 4.11. The van der Waals surface area contributed by atoms with Crippen LogP contribution in [0.1, 0.15) is 16.1 Å². The van der Waals surface area contributed by atoms with Gasteiger partial charge < -0.3 is 14.5 Å². The number of hydrogen-bond acceptors (Lipinski definition) is 4. The van der Waals surface area contributed by atoms with Crippen LogP contribution in [0.3, 0.4) is 0 Å². The fraction of sp³-hybridized carbons (Fsp3) is 0.0476. The third-order valence-electron chi connectivity index (χ3n) is 3.97. The number of carbonyl (C=O) groups is 1. The summed E-state index contributed by atoms with van der Waals surface area (Å²) in [6.45, 7) is 1.94. The molecular formula is C21H16N2O3. The van der Waals surface area contributed by atoms with Gasteiger partial charge in [0.05, 0.1) is 6.20 Å². The molecule has 4 rings (SSSR count). The number of benzene rings is 2. The maximum Gasteiger partial charge on any atom is 0.291 e. The Morgan fingerprint density at radius 2 is 1.92 bits per heavy atom. The van der Waals surface area contributed by atoms with E-state index in [1.165, 1.54) is 0 Å². The van der Waals surface area contributed by atoms with Gasteiger partial charge in [0.15, 0.2) is 11.5 Å². The number of nitrogens with zero attached hydrogens (tertiary/aromatic N) is 1. The molecule has 0 bridgehead atoms. The largest absolute Gasteiger partial charge is 0.455 e. The highest BCUT2D eigenvalue weighted by atomic mass is 16.5. The van der Waals surface area contributed by atoms with Gasteiger partial charge >= 0.3 is 0 Å². The fourth-order valence-corrected chi connectivity index (χ4v) is 2.68. The maximum atomic E-state index is 12.6. The van der Waals surface area contributed by atoms with Crippen LogP contribution in [0.15, 0.2) is 77.5 Å². The van der Waals surface area contributed by atoms with Gasteiger partial charge in [-0.25, -0.2) is 0 Å². The lowest BCUT2D eigenvalue weighted by atomic mass is 10.2. The second-order valence-electron chi connectivity index (χ2n) is 5.84. The monoisotopic (exact) mass is 344 g/mol. The van der Waals surface area contributed by atoms with E-state index in [9.17, 15) is 4.79 Å². The Labute approximate surface area is 150 Å². The summed E-state index contributed by atoms with van der Waals surface area (Å²) >= 11 is 0. The van der Waals surface area contributed by atoms with Gasteiger partial charge in [-0.3, -0.25) is 9.78 Å². The minimum absolute atomic E-state index is 0.240. The number of fused-ring (bicyclic) bond motifs is 1. The Hall–Kier alpha value is -3.60. The quantitative estimate of drug-likeness (QED) is 0.554. The van der Waals surface area contributed by atoms with Crippen molar-refractivity contribution in [2.24, 2.45) is 0 Å². The molecule has 1 amide bonds. The molecule has 2 aromatic heterocycles. The standard InChI is InChI=1S/C21H16N2O3/c1-14-6-5-7-15-12-19(26-20(14)15)21(24)23-17-13-22-11-10-18(17)25-16-8-3-2-4-9-16/h2-13H,1H3,(H,23,24). The van der Waals surface area contributed by atoms with Crippen LogP contribution in [0.5, 0.6) is 11.5 Å². The molecule has 5 heteroatoms. The maximum absolute atomic E-state index is 12.6. The average Bonchev–Trinajstić information content (AvgIpc) is 3.10. The number of pyridine rings is 1. The van der Waals surface area contributed by atoms with Gasteiger partial charge in [-0.05, 0) is 30.7 Å². The molecule has 5 nitrogen and oxygen atoms in total. The van der Waals surface area contributed by atoms with Crippen molar-refractivity contribution in [1.82, 2.24) is 4.98 Å². The highest BCUT2D eigenvalue weighted by Gasteiger charge is 2.16. The highest BCUT2D eigenvalue weighted by molar-refractivity contribution is 6.05. The molecule has 128 valence electrons. The number of amides is 1. The summed E-state index contributed by atoms with van der Waals surface area (Å²) in [5.41, 5.74) is 2.17. The van der Waals surface area contributed by atoms with E-state index in [-0.39, 0.29) is 11.7 Å². The molecule has 4 aromatic rings. The molecule has 0 atom stereocenters. The Bertz CT molecular complexity index is 1070. The first-order valence-corrected chi connectivity index (χ1v) is 8.18. The van der Waals surface area contributed by atoms with Gasteiger partial charge in [-0.2, -0.15) is 0 Å². The minimum atomic E-state index is -0.355. The van der Waals surface area contributed by atoms with E-state index < -0.39 is 0 Å². The van der Waals surface area contributed by atoms with Crippen molar-refractivity contribution < 1.29 is 13.9 Å². The van der Waals surface area contributed by atoms with Gasteiger partial charge in [0, 0.05) is 17.6 Å². The molecule has 0 saturated carbocycles. The number of furan rings is 1. The topological polar surface area (TPSA) is 64.4 Å². The van der Waals surface area contributed by atoms with E-state index in [0.717, 1.165) is 10.9 Å². The van der Waals surface area contributed by atoms with Crippen molar-refractivity contribution in [3.63, 3.8) is 0 Å². The summed E-state index contributed by atoms with van der Waals surface area (Å²) in [7, 11) is 0. The van der Waals surface area contributed by atoms with Gasteiger partial charge in [-0.1, -0.05) is 36.4 Å². The second kappa shape index (κ2) is 6.72. The zero-order valence-electron chi connectivity index (χ0n) is 14.1. The molecule has 0 saturated heterocycles. The third-order valence-corrected chi connectivity index (χ3v) is 3.97. The van der Waals surface area contributed by atoms with E-state index in [1.807, 2.05) is 55.5 Å². The first kappa shape index (κ1) is 15.9. The summed E-state index contributed by atoms with van der Waals surface area (Å²) in [6.07, 6.45) is 3.16. The minimum Gasteiger partial charge on any atom is -0.455 e. The average molecular weight is 344 g/mol. The summed E-state index contributed by atoms with van der Waals surface area (Å²) in [5.74, 6) is 1.07. The number of hydrogen-bond donors (Lipinski definition) is 1. The fourth-order valence-electron chi connectivity index (χ4n) is 2.68. The molecular weight excluding hydrogens is 328 g/mol. The first-order valence-electron chi connectivity index (χ1n) is 8.18. The number of ether oxygens (including phenoxy) is 1. The van der Waals surface area contributed by atoms with E-state index in [0.29, 0.717) is 22.8 Å². The summed E-state index contributed by atoms with van der Waals surface area (Å²) in [4.78, 5) is 16.7. The van der Waals surface area contributed by atoms with Crippen molar-refractivity contribution in [3.05, 3.63) is 84.4 Å². The predicted octanol–water partition coefficient (Wildman–Crippen LogP) is 5.18. The molecule has 1 N–H and O–H groups in total. The molecule has 26 heavy (non-hydrogen) atoms. The van der Waals surface area contributed by atoms with Crippen LogP contribution in [0.25, 0.3) is 11.0 Å². The van der Waals surface area contributed by atoms with Gasteiger partial charge in [0.2, 0.25) is 0 Å². The third kappa shape index (κ3) is 3.15. The SMILES string of the molecule is Cc1cccc2cc(C(=O)Nc3cnccc3Oc3ccccc3)oc12. The first-order chi connectivity index (χ1) is 12.7. The molecule has 0 unspecified atom stereocenters. The molecule has 0 fully saturated rings. The molecule has 0 radical (unpaired) electrons. The summed E-state index contributed by atoms with van der Waals surface area (Å²) < 4.78 is 11.6. The van der Waals surface area contributed by atoms with Crippen molar-refractivity contribution in [2.45, 2.75) is 6.92 Å². The number of rotatable bonds is 4. The van der Waals surface area contributed by atoms with Gasteiger partial charge in [0.1, 0.15) is 17.0 Å². The van der Waals surface area contributed by atoms with Crippen LogP contribution in [0.2, 0.25) is 0 Å². The molecule has 2 heterocycles. The Balaban J connectivity index is 1.60. The number of anilines is 1. The van der Waals surface area contributed by atoms with Crippen molar-refractivity contribution in [1.29, 1.82) is 0 Å². The molecule has 0 aliphatic heterocycles. The number of carbonyl (C=O) groups excluding carboxylic acids is 1. The molecule has 0 spiro atoms. The summed E-state index contributed by atoms with van der Waals surface area (Å²) in [6, 6.07) is 18.6. The van der Waals surface area contributed by atoms with E-state index in [2.05, 4.69) is 10.3 Å². The van der Waals surface area contributed by atoms with Crippen LogP contribution < -0.4 is 10.1 Å². The number of nitrogens with one attached hydrogen (secondary N) is 1. The second-order valence-corrected chi connectivity index (χ2v) is 5.84. The molecule has 2 aromatic carbocycles. The van der Waals surface area contributed by atoms with Gasteiger partial charge in [0.25, 0.3) is 5.91 Å². The zero-order valence-corrected chi connectivity index (χ0v) is 14.1. The molecule has 0 aliphatic rings. The summed E-state index contributed by atoms with van der Waals surface area (Å²) in [5, 5.41) is 3.70. The lowest BCUT2D eigenvalue weighted by Gasteiger charge is -2.10. The molecule has 0 aliphatic carbocycles. The van der Waals surface area contributed by atoms with E-state index >= 15 is 0 Å². The van der Waals surface area contributed by atoms with Crippen molar-refractivity contribution in [3.8, 4) is 11.5 Å². The van der Waals surface area contributed by atoms with Crippen LogP contribution in [-0.2, 0) is 0 Å². The van der Waals surface area contributed by atoms with Crippen LogP contribution in [0.4, 0.5) is 5.69 Å². The predicted molar refractivity (Wildman–Crippen MR) is 99.7 cm³/mol. The lowest BCUT2D eigenvalue weighted by molar-refractivity contribution is 0.0998. The lowest BCUT2D eigenvalue weighted by Crippen LogP contribution is -2.11. The van der Waals surface area contributed by atoms with Crippen molar-refractivity contribution >= 4 is 22.6 Å². The zero-order chi connectivity index (χ0) is 17.9. The highest BCUT2D eigenvalue weighted by Crippen LogP contribution is 2.29. The number of aryl methyl sites for hydroxylation is 1. The van der Waals surface area contributed by atoms with Crippen LogP contribution >= 0.6 is 0 Å². The van der Waals surface area contributed by atoms with Gasteiger partial charge in [-0.15, -0.1) is 0 Å².